The molecule has 0 saturated heterocycles. The number of hydrogen-bond donors (Lipinski definition) is 2. The van der Waals surface area contributed by atoms with E-state index in [1.807, 2.05) is 18.4 Å². The fourth-order valence-corrected chi connectivity index (χ4v) is 2.67. The predicted octanol–water partition coefficient (Wildman–Crippen LogP) is 2.39. The van der Waals surface area contributed by atoms with Crippen LogP contribution < -0.4 is 11.1 Å². The Kier molecular flexibility index (Phi) is 3.35. The number of nitrogens with two attached hydrogens (primary N) is 1. The minimum absolute atomic E-state index is 0.807. The van der Waals surface area contributed by atoms with E-state index in [0.717, 1.165) is 29.5 Å². The standard InChI is InChI=1S/C10H13N3S2/c1-7-13-8(6-15-7)4-12-5-10-9(11)2-3-14-10/h2-3,6,12H,4-5,11H2,1H3. The van der Waals surface area contributed by atoms with Crippen molar-refractivity contribution in [3.8, 4) is 0 Å². The molecular formula is C10H13N3S2. The summed E-state index contributed by atoms with van der Waals surface area (Å²) in [6.07, 6.45) is 0. The van der Waals surface area contributed by atoms with E-state index in [9.17, 15) is 0 Å². The smallest absolute Gasteiger partial charge is 0.0897 e. The molecule has 0 atom stereocenters. The van der Waals surface area contributed by atoms with Crippen LogP contribution in [0.4, 0.5) is 5.69 Å². The van der Waals surface area contributed by atoms with E-state index < -0.39 is 0 Å². The van der Waals surface area contributed by atoms with Crippen LogP contribution in [0.25, 0.3) is 0 Å². The molecule has 2 aromatic rings. The first-order valence-electron chi connectivity index (χ1n) is 4.69. The average molecular weight is 239 g/mol. The molecule has 0 fully saturated rings. The topological polar surface area (TPSA) is 50.9 Å². The highest BCUT2D eigenvalue weighted by Crippen LogP contribution is 2.18. The third kappa shape index (κ3) is 2.77. The lowest BCUT2D eigenvalue weighted by Crippen LogP contribution is -2.12. The van der Waals surface area contributed by atoms with Crippen LogP contribution in [0.2, 0.25) is 0 Å². The van der Waals surface area contributed by atoms with Gasteiger partial charge >= 0.3 is 0 Å². The summed E-state index contributed by atoms with van der Waals surface area (Å²) in [5.74, 6) is 0. The van der Waals surface area contributed by atoms with E-state index >= 15 is 0 Å². The molecule has 2 aromatic heterocycles. The molecule has 2 rings (SSSR count). The van der Waals surface area contributed by atoms with Gasteiger partial charge in [-0.3, -0.25) is 0 Å². The molecule has 0 bridgehead atoms. The van der Waals surface area contributed by atoms with E-state index in [2.05, 4.69) is 15.7 Å². The van der Waals surface area contributed by atoms with E-state index in [4.69, 9.17) is 5.73 Å². The summed E-state index contributed by atoms with van der Waals surface area (Å²) >= 11 is 3.37. The van der Waals surface area contributed by atoms with Gasteiger partial charge in [-0.2, -0.15) is 0 Å². The number of nitrogens with one attached hydrogen (secondary N) is 1. The van der Waals surface area contributed by atoms with Gasteiger partial charge in [0.15, 0.2) is 0 Å². The zero-order valence-corrected chi connectivity index (χ0v) is 10.1. The van der Waals surface area contributed by atoms with E-state index in [1.165, 1.54) is 4.88 Å². The maximum atomic E-state index is 5.78. The Morgan fingerprint density at radius 3 is 2.87 bits per heavy atom. The normalized spacial score (nSPS) is 10.7. The van der Waals surface area contributed by atoms with Gasteiger partial charge in [0.25, 0.3) is 0 Å². The van der Waals surface area contributed by atoms with Gasteiger partial charge in [-0.1, -0.05) is 0 Å². The second-order valence-electron chi connectivity index (χ2n) is 3.26. The first kappa shape index (κ1) is 10.6. The first-order chi connectivity index (χ1) is 7.25. The number of hydrogen-bond acceptors (Lipinski definition) is 5. The van der Waals surface area contributed by atoms with Gasteiger partial charge in [-0.05, 0) is 18.4 Å². The molecule has 5 heteroatoms. The van der Waals surface area contributed by atoms with Gasteiger partial charge in [0.2, 0.25) is 0 Å². The summed E-state index contributed by atoms with van der Waals surface area (Å²) < 4.78 is 0. The van der Waals surface area contributed by atoms with Gasteiger partial charge in [0, 0.05) is 29.0 Å². The summed E-state index contributed by atoms with van der Waals surface area (Å²) in [6.45, 7) is 3.65. The van der Waals surface area contributed by atoms with Crippen molar-refractivity contribution in [3.63, 3.8) is 0 Å². The number of thiophene rings is 1. The van der Waals surface area contributed by atoms with E-state index in [1.54, 1.807) is 22.7 Å². The largest absolute Gasteiger partial charge is 0.398 e. The zero-order valence-electron chi connectivity index (χ0n) is 8.49. The number of anilines is 1. The number of nitrogen functional groups attached to an aromatic ring is 1. The summed E-state index contributed by atoms with van der Waals surface area (Å²) in [5, 5.41) is 8.54. The lowest BCUT2D eigenvalue weighted by Gasteiger charge is -2.01. The molecule has 15 heavy (non-hydrogen) atoms. The molecule has 0 aliphatic heterocycles. The second kappa shape index (κ2) is 4.74. The van der Waals surface area contributed by atoms with Crippen molar-refractivity contribution >= 4 is 28.4 Å². The van der Waals surface area contributed by atoms with Crippen LogP contribution in [-0.4, -0.2) is 4.98 Å². The van der Waals surface area contributed by atoms with Gasteiger partial charge in [0.1, 0.15) is 0 Å². The Labute approximate surface area is 97.0 Å². The molecule has 3 nitrogen and oxygen atoms in total. The summed E-state index contributed by atoms with van der Waals surface area (Å²) in [5.41, 5.74) is 7.76. The van der Waals surface area contributed by atoms with E-state index in [0.29, 0.717) is 0 Å². The van der Waals surface area contributed by atoms with Crippen LogP contribution in [0.15, 0.2) is 16.8 Å². The average Bonchev–Trinajstić information content (AvgIpc) is 2.77. The molecule has 0 aromatic carbocycles. The van der Waals surface area contributed by atoms with Crippen LogP contribution in [0, 0.1) is 6.92 Å². The fraction of sp³-hybridized carbons (Fsp3) is 0.300. The lowest BCUT2D eigenvalue weighted by molar-refractivity contribution is 0.689. The Hall–Kier alpha value is -0.910. The lowest BCUT2D eigenvalue weighted by atomic mass is 10.4. The Bertz CT molecular complexity index is 433. The number of aromatic nitrogens is 1. The van der Waals surface area contributed by atoms with Crippen LogP contribution in [0.1, 0.15) is 15.6 Å². The van der Waals surface area contributed by atoms with Crippen LogP contribution in [0.5, 0.6) is 0 Å². The number of aryl methyl sites for hydroxylation is 1. The number of thiazole rings is 1. The Morgan fingerprint density at radius 2 is 2.27 bits per heavy atom. The molecule has 80 valence electrons. The highest BCUT2D eigenvalue weighted by Gasteiger charge is 2.01. The third-order valence-electron chi connectivity index (χ3n) is 2.04. The minimum atomic E-state index is 0.807. The molecule has 0 saturated carbocycles. The number of nitrogens with zero attached hydrogens (tertiary/aromatic N) is 1. The molecule has 3 N–H and O–H groups in total. The SMILES string of the molecule is Cc1nc(CNCc2sccc2N)cs1. The third-order valence-corrected chi connectivity index (χ3v) is 3.80. The van der Waals surface area contributed by atoms with Crippen molar-refractivity contribution in [1.29, 1.82) is 0 Å². The van der Waals surface area contributed by atoms with Crippen molar-refractivity contribution in [2.24, 2.45) is 0 Å². The Morgan fingerprint density at radius 1 is 1.40 bits per heavy atom. The minimum Gasteiger partial charge on any atom is -0.398 e. The zero-order chi connectivity index (χ0) is 10.7. The monoisotopic (exact) mass is 239 g/mol. The molecule has 0 amide bonds. The number of rotatable bonds is 4. The summed E-state index contributed by atoms with van der Waals surface area (Å²) in [6, 6.07) is 1.94. The quantitative estimate of drug-likeness (QED) is 0.861. The van der Waals surface area contributed by atoms with Gasteiger partial charge in [0.05, 0.1) is 10.7 Å². The summed E-state index contributed by atoms with van der Waals surface area (Å²) in [4.78, 5) is 5.58. The first-order valence-corrected chi connectivity index (χ1v) is 6.45. The second-order valence-corrected chi connectivity index (χ2v) is 5.32. The molecule has 0 aliphatic rings. The van der Waals surface area contributed by atoms with Crippen molar-refractivity contribution < 1.29 is 0 Å². The van der Waals surface area contributed by atoms with Crippen molar-refractivity contribution in [3.05, 3.63) is 32.4 Å². The highest BCUT2D eigenvalue weighted by atomic mass is 32.1. The van der Waals surface area contributed by atoms with Gasteiger partial charge in [-0.15, -0.1) is 22.7 Å². The molecule has 0 radical (unpaired) electrons. The summed E-state index contributed by atoms with van der Waals surface area (Å²) in [7, 11) is 0. The molecule has 0 unspecified atom stereocenters. The van der Waals surface area contributed by atoms with Crippen LogP contribution >= 0.6 is 22.7 Å². The highest BCUT2D eigenvalue weighted by molar-refractivity contribution is 7.10. The molecule has 0 spiro atoms. The van der Waals surface area contributed by atoms with Crippen LogP contribution in [0.3, 0.4) is 0 Å². The van der Waals surface area contributed by atoms with Crippen molar-refractivity contribution in [1.82, 2.24) is 10.3 Å². The predicted molar refractivity (Wildman–Crippen MR) is 66.1 cm³/mol. The van der Waals surface area contributed by atoms with Crippen LogP contribution in [-0.2, 0) is 13.1 Å². The van der Waals surface area contributed by atoms with Gasteiger partial charge < -0.3 is 11.1 Å². The Balaban J connectivity index is 1.83. The maximum absolute atomic E-state index is 5.78. The van der Waals surface area contributed by atoms with Crippen molar-refractivity contribution in [2.75, 3.05) is 5.73 Å². The fourth-order valence-electron chi connectivity index (χ4n) is 1.29. The molecular weight excluding hydrogens is 226 g/mol. The van der Waals surface area contributed by atoms with E-state index in [-0.39, 0.29) is 0 Å². The molecule has 0 aliphatic carbocycles. The molecule has 2 heterocycles. The van der Waals surface area contributed by atoms with Gasteiger partial charge in [-0.25, -0.2) is 4.98 Å². The maximum Gasteiger partial charge on any atom is 0.0897 e. The van der Waals surface area contributed by atoms with Crippen molar-refractivity contribution in [2.45, 2.75) is 20.0 Å².